The summed E-state index contributed by atoms with van der Waals surface area (Å²) in [6.45, 7) is 5.46. The summed E-state index contributed by atoms with van der Waals surface area (Å²) in [5.41, 5.74) is 3.49. The summed E-state index contributed by atoms with van der Waals surface area (Å²) >= 11 is 0. The molecule has 1 unspecified atom stereocenters. The number of methoxy groups -OCH3 is 1. The minimum atomic E-state index is -4.99. The van der Waals surface area contributed by atoms with Crippen LogP contribution in [0.4, 0.5) is 36.8 Å². The summed E-state index contributed by atoms with van der Waals surface area (Å²) in [5, 5.41) is 0. The normalized spacial score (nSPS) is 12.8. The van der Waals surface area contributed by atoms with Crippen molar-refractivity contribution in [2.45, 2.75) is 58.0 Å². The van der Waals surface area contributed by atoms with E-state index in [0.29, 0.717) is 23.4 Å². The topological polar surface area (TPSA) is 64.8 Å². The van der Waals surface area contributed by atoms with Gasteiger partial charge in [0.25, 0.3) is 0 Å². The molecule has 200 valence electrons. The van der Waals surface area contributed by atoms with Crippen molar-refractivity contribution in [3.63, 3.8) is 0 Å². The van der Waals surface area contributed by atoms with Gasteiger partial charge in [-0.15, -0.1) is 0 Å². The molecule has 0 aliphatic rings. The van der Waals surface area contributed by atoms with Gasteiger partial charge >= 0.3 is 18.4 Å². The molecule has 0 aromatic heterocycles. The Labute approximate surface area is 206 Å². The van der Waals surface area contributed by atoms with Crippen LogP contribution in [0.3, 0.4) is 0 Å². The van der Waals surface area contributed by atoms with Crippen LogP contribution < -0.4 is 15.4 Å². The second kappa shape index (κ2) is 12.2. The lowest BCUT2D eigenvalue weighted by atomic mass is 9.96. The van der Waals surface area contributed by atoms with Crippen molar-refractivity contribution in [3.8, 4) is 5.75 Å². The lowest BCUT2D eigenvalue weighted by Gasteiger charge is -2.28. The molecule has 36 heavy (non-hydrogen) atoms. The molecular formula is C25H30F6N2O3. The lowest BCUT2D eigenvalue weighted by Crippen LogP contribution is -2.29. The number of halogens is 6. The molecule has 1 atom stereocenters. The third-order valence-electron chi connectivity index (χ3n) is 5.46. The Bertz CT molecular complexity index is 986. The van der Waals surface area contributed by atoms with E-state index in [9.17, 15) is 31.1 Å². The molecule has 0 radical (unpaired) electrons. The van der Waals surface area contributed by atoms with Crippen molar-refractivity contribution in [1.29, 1.82) is 0 Å². The van der Waals surface area contributed by atoms with Gasteiger partial charge in [-0.3, -0.25) is 0 Å². The first kappa shape index (κ1) is 29.1. The first-order valence-electron chi connectivity index (χ1n) is 11.4. The largest absolute Gasteiger partial charge is 0.497 e. The maximum atomic E-state index is 13.3. The molecule has 2 aromatic carbocycles. The van der Waals surface area contributed by atoms with Crippen molar-refractivity contribution in [1.82, 2.24) is 0 Å². The molecule has 5 nitrogen and oxygen atoms in total. The first-order valence-corrected chi connectivity index (χ1v) is 11.4. The van der Waals surface area contributed by atoms with E-state index in [1.165, 1.54) is 7.11 Å². The van der Waals surface area contributed by atoms with Crippen molar-refractivity contribution in [2.75, 3.05) is 25.1 Å². The number of anilines is 1. The number of amides is 1. The van der Waals surface area contributed by atoms with E-state index >= 15 is 0 Å². The van der Waals surface area contributed by atoms with Crippen molar-refractivity contribution in [2.24, 2.45) is 5.73 Å². The van der Waals surface area contributed by atoms with Crippen LogP contribution in [0.1, 0.15) is 48.9 Å². The number of carbonyl (C=O) groups is 1. The van der Waals surface area contributed by atoms with E-state index in [1.807, 2.05) is 19.9 Å². The van der Waals surface area contributed by atoms with Gasteiger partial charge < -0.3 is 20.1 Å². The number of hydrogen-bond donors (Lipinski definition) is 1. The van der Waals surface area contributed by atoms with Crippen molar-refractivity contribution in [3.05, 3.63) is 58.7 Å². The fourth-order valence-electron chi connectivity index (χ4n) is 4.02. The molecule has 2 N–H and O–H groups in total. The number of benzene rings is 2. The number of alkyl halides is 6. The predicted molar refractivity (Wildman–Crippen MR) is 124 cm³/mol. The molecule has 0 spiro atoms. The zero-order valence-electron chi connectivity index (χ0n) is 20.3. The summed E-state index contributed by atoms with van der Waals surface area (Å²) in [6, 6.07) is 6.59. The van der Waals surface area contributed by atoms with Crippen LogP contribution in [0.25, 0.3) is 0 Å². The fourth-order valence-corrected chi connectivity index (χ4v) is 4.02. The first-order chi connectivity index (χ1) is 16.8. The summed E-state index contributed by atoms with van der Waals surface area (Å²) in [5.74, 6) is 0.498. The summed E-state index contributed by atoms with van der Waals surface area (Å²) in [6.07, 6.45) is -11.0. The van der Waals surface area contributed by atoms with Crippen LogP contribution in [-0.4, -0.2) is 32.4 Å². The number of rotatable bonds is 11. The number of primary amides is 1. The van der Waals surface area contributed by atoms with Crippen LogP contribution in [0.15, 0.2) is 36.4 Å². The monoisotopic (exact) mass is 520 g/mol. The zero-order valence-corrected chi connectivity index (χ0v) is 20.3. The van der Waals surface area contributed by atoms with E-state index < -0.39 is 42.1 Å². The molecule has 2 rings (SSSR count). The Morgan fingerprint density at radius 1 is 0.917 bits per heavy atom. The second-order valence-electron chi connectivity index (χ2n) is 8.36. The smallest absolute Gasteiger partial charge is 0.416 e. The number of nitrogens with two attached hydrogens (primary N) is 1. The third-order valence-corrected chi connectivity index (χ3v) is 5.46. The SMILES string of the molecule is CCCN(CCC)c1ccc(OC)cc1CC(Cc1cc(C(F)(F)F)cc(C(F)(F)F)c1)OC(N)=O. The van der Waals surface area contributed by atoms with Gasteiger partial charge in [0, 0.05) is 31.6 Å². The van der Waals surface area contributed by atoms with Crippen LogP contribution in [0.2, 0.25) is 0 Å². The Morgan fingerprint density at radius 2 is 1.47 bits per heavy atom. The molecule has 0 aliphatic heterocycles. The minimum Gasteiger partial charge on any atom is -0.497 e. The average Bonchev–Trinajstić information content (AvgIpc) is 2.77. The molecule has 11 heteroatoms. The quantitative estimate of drug-likeness (QED) is 0.339. The maximum absolute atomic E-state index is 13.3. The Balaban J connectivity index is 2.52. The summed E-state index contributed by atoms with van der Waals surface area (Å²) in [4.78, 5) is 13.7. The van der Waals surface area contributed by atoms with Gasteiger partial charge in [-0.25, -0.2) is 4.79 Å². The second-order valence-corrected chi connectivity index (χ2v) is 8.36. The lowest BCUT2D eigenvalue weighted by molar-refractivity contribution is -0.143. The number of carbonyl (C=O) groups excluding carboxylic acids is 1. The molecule has 2 aromatic rings. The molecule has 0 saturated carbocycles. The van der Waals surface area contributed by atoms with Crippen molar-refractivity contribution < 1.29 is 40.6 Å². The highest BCUT2D eigenvalue weighted by Gasteiger charge is 2.37. The van der Waals surface area contributed by atoms with Gasteiger partial charge in [-0.05, 0) is 60.4 Å². The van der Waals surface area contributed by atoms with E-state index in [1.54, 1.807) is 12.1 Å². The number of ether oxygens (including phenoxy) is 2. The van der Waals surface area contributed by atoms with Gasteiger partial charge in [0.2, 0.25) is 0 Å². The Morgan fingerprint density at radius 3 is 1.92 bits per heavy atom. The Hall–Kier alpha value is -3.11. The minimum absolute atomic E-state index is 0.00298. The molecular weight excluding hydrogens is 490 g/mol. The van der Waals surface area contributed by atoms with Crippen molar-refractivity contribution >= 4 is 11.8 Å². The van der Waals surface area contributed by atoms with Gasteiger partial charge in [0.15, 0.2) is 0 Å². The molecule has 0 bridgehead atoms. The number of nitrogens with zero attached hydrogens (tertiary/aromatic N) is 1. The number of hydrogen-bond acceptors (Lipinski definition) is 4. The zero-order chi connectivity index (χ0) is 27.1. The highest BCUT2D eigenvalue weighted by molar-refractivity contribution is 5.65. The highest BCUT2D eigenvalue weighted by Crippen LogP contribution is 2.37. The van der Waals surface area contributed by atoms with Crippen LogP contribution in [0.5, 0.6) is 5.75 Å². The van der Waals surface area contributed by atoms with E-state index in [2.05, 4.69) is 4.90 Å². The van der Waals surface area contributed by atoms with Gasteiger partial charge in [0.1, 0.15) is 11.9 Å². The molecule has 0 fully saturated rings. The molecule has 0 aliphatic carbocycles. The average molecular weight is 521 g/mol. The Kier molecular flexibility index (Phi) is 9.89. The highest BCUT2D eigenvalue weighted by atomic mass is 19.4. The van der Waals surface area contributed by atoms with Crippen LogP contribution >= 0.6 is 0 Å². The molecule has 1 amide bonds. The standard InChI is InChI=1S/C25H30F6N2O3/c1-4-8-33(9-5-2)22-7-6-20(35-3)13-17(22)14-21(36-23(32)34)12-16-10-18(24(26,27)28)15-19(11-16)25(29,30)31/h6-7,10-11,13,15,21H,4-5,8-9,12,14H2,1-3H3,(H2,32,34). The van der Waals surface area contributed by atoms with E-state index in [4.69, 9.17) is 15.2 Å². The fraction of sp³-hybridized carbons (Fsp3) is 0.480. The van der Waals surface area contributed by atoms with Gasteiger partial charge in [0.05, 0.1) is 18.2 Å². The van der Waals surface area contributed by atoms with E-state index in [0.717, 1.165) is 31.6 Å². The van der Waals surface area contributed by atoms with Gasteiger partial charge in [-0.2, -0.15) is 26.3 Å². The molecule has 0 saturated heterocycles. The third kappa shape index (κ3) is 8.23. The summed E-state index contributed by atoms with van der Waals surface area (Å²) < 4.78 is 90.3. The molecule has 0 heterocycles. The van der Waals surface area contributed by atoms with E-state index in [-0.39, 0.29) is 18.1 Å². The van der Waals surface area contributed by atoms with Crippen LogP contribution in [0, 0.1) is 0 Å². The maximum Gasteiger partial charge on any atom is 0.416 e. The van der Waals surface area contributed by atoms with Gasteiger partial charge in [-0.1, -0.05) is 13.8 Å². The summed E-state index contributed by atoms with van der Waals surface area (Å²) in [7, 11) is 1.47. The van der Waals surface area contributed by atoms with Crippen LogP contribution in [-0.2, 0) is 29.9 Å². The predicted octanol–water partition coefficient (Wildman–Crippen LogP) is 6.61.